The van der Waals surface area contributed by atoms with Crippen LogP contribution in [-0.4, -0.2) is 15.1 Å². The minimum absolute atomic E-state index is 0.150. The van der Waals surface area contributed by atoms with Crippen LogP contribution in [-0.2, 0) is 0 Å². The summed E-state index contributed by atoms with van der Waals surface area (Å²) in [5.41, 5.74) is 6.60. The van der Waals surface area contributed by atoms with Crippen molar-refractivity contribution in [1.29, 1.82) is 0 Å². The molecular weight excluding hydrogens is 279 g/mol. The molecule has 0 aliphatic rings. The van der Waals surface area contributed by atoms with Crippen LogP contribution in [0.4, 0.5) is 4.39 Å². The SMILES string of the molecule is CC(N)c1nc(-c2nc(-c3ccccc3F)no2)cs1. The summed E-state index contributed by atoms with van der Waals surface area (Å²) in [6, 6.07) is 6.12. The van der Waals surface area contributed by atoms with Gasteiger partial charge in [-0.05, 0) is 19.1 Å². The maximum Gasteiger partial charge on any atom is 0.277 e. The largest absolute Gasteiger partial charge is 0.332 e. The Hall–Kier alpha value is -2.12. The second-order valence-electron chi connectivity index (χ2n) is 4.26. The van der Waals surface area contributed by atoms with Crippen LogP contribution in [0, 0.1) is 5.82 Å². The molecule has 2 N–H and O–H groups in total. The Morgan fingerprint density at radius 3 is 2.80 bits per heavy atom. The van der Waals surface area contributed by atoms with Gasteiger partial charge in [0.25, 0.3) is 5.89 Å². The monoisotopic (exact) mass is 290 g/mol. The molecule has 0 spiro atoms. The first-order chi connectivity index (χ1) is 9.65. The van der Waals surface area contributed by atoms with Gasteiger partial charge < -0.3 is 10.3 Å². The Kier molecular flexibility index (Phi) is 3.29. The molecule has 0 radical (unpaired) electrons. The van der Waals surface area contributed by atoms with E-state index in [1.165, 1.54) is 17.4 Å². The zero-order chi connectivity index (χ0) is 14.1. The normalized spacial score (nSPS) is 12.6. The standard InChI is InChI=1S/C13H11FN4OS/c1-7(15)13-16-10(6-20-13)12-17-11(18-19-12)8-4-2-3-5-9(8)14/h2-7H,15H2,1H3. The fourth-order valence-corrected chi connectivity index (χ4v) is 2.43. The molecule has 5 nitrogen and oxygen atoms in total. The molecule has 0 fully saturated rings. The smallest absolute Gasteiger partial charge is 0.277 e. The van der Waals surface area contributed by atoms with Crippen molar-refractivity contribution in [2.24, 2.45) is 5.73 Å². The molecule has 20 heavy (non-hydrogen) atoms. The van der Waals surface area contributed by atoms with Crippen molar-refractivity contribution < 1.29 is 8.91 Å². The minimum atomic E-state index is -0.394. The molecule has 0 saturated carbocycles. The molecule has 3 aromatic rings. The van der Waals surface area contributed by atoms with Crippen molar-refractivity contribution in [2.75, 3.05) is 0 Å². The molecule has 1 aromatic carbocycles. The number of nitrogens with zero attached hydrogens (tertiary/aromatic N) is 3. The summed E-state index contributed by atoms with van der Waals surface area (Å²) < 4.78 is 18.8. The van der Waals surface area contributed by atoms with Crippen LogP contribution in [0.15, 0.2) is 34.2 Å². The second kappa shape index (κ2) is 5.10. The van der Waals surface area contributed by atoms with Gasteiger partial charge in [0.05, 0.1) is 11.6 Å². The van der Waals surface area contributed by atoms with Gasteiger partial charge in [-0.1, -0.05) is 17.3 Å². The predicted octanol–water partition coefficient (Wildman–Crippen LogP) is 3.02. The molecule has 1 atom stereocenters. The van der Waals surface area contributed by atoms with Crippen LogP contribution < -0.4 is 5.73 Å². The lowest BCUT2D eigenvalue weighted by atomic mass is 10.2. The zero-order valence-corrected chi connectivity index (χ0v) is 11.4. The number of aromatic nitrogens is 3. The fourth-order valence-electron chi connectivity index (χ4n) is 1.67. The van der Waals surface area contributed by atoms with E-state index in [1.807, 2.05) is 6.92 Å². The second-order valence-corrected chi connectivity index (χ2v) is 5.15. The number of rotatable bonds is 3. The maximum atomic E-state index is 13.6. The Balaban J connectivity index is 1.96. The highest BCUT2D eigenvalue weighted by Gasteiger charge is 2.16. The van der Waals surface area contributed by atoms with Crippen LogP contribution in [0.2, 0.25) is 0 Å². The van der Waals surface area contributed by atoms with E-state index >= 15 is 0 Å². The van der Waals surface area contributed by atoms with Gasteiger partial charge in [0.1, 0.15) is 16.5 Å². The summed E-state index contributed by atoms with van der Waals surface area (Å²) >= 11 is 1.42. The molecule has 0 amide bonds. The van der Waals surface area contributed by atoms with E-state index in [-0.39, 0.29) is 17.8 Å². The van der Waals surface area contributed by atoms with Crippen molar-refractivity contribution in [3.8, 4) is 23.0 Å². The molecule has 1 unspecified atom stereocenters. The van der Waals surface area contributed by atoms with Crippen LogP contribution in [0.5, 0.6) is 0 Å². The highest BCUT2D eigenvalue weighted by Crippen LogP contribution is 2.26. The van der Waals surface area contributed by atoms with Gasteiger partial charge in [0, 0.05) is 5.38 Å². The summed E-state index contributed by atoms with van der Waals surface area (Å²) in [6.07, 6.45) is 0. The molecule has 102 valence electrons. The first-order valence-corrected chi connectivity index (χ1v) is 6.83. The van der Waals surface area contributed by atoms with Crippen molar-refractivity contribution >= 4 is 11.3 Å². The minimum Gasteiger partial charge on any atom is -0.332 e. The predicted molar refractivity (Wildman–Crippen MR) is 73.4 cm³/mol. The van der Waals surface area contributed by atoms with Crippen molar-refractivity contribution in [3.63, 3.8) is 0 Å². The quantitative estimate of drug-likeness (QED) is 0.802. The summed E-state index contributed by atoms with van der Waals surface area (Å²) in [6.45, 7) is 1.85. The number of thiazole rings is 1. The fraction of sp³-hybridized carbons (Fsp3) is 0.154. The average molecular weight is 290 g/mol. The first-order valence-electron chi connectivity index (χ1n) is 5.95. The zero-order valence-electron chi connectivity index (χ0n) is 10.6. The van der Waals surface area contributed by atoms with Gasteiger partial charge in [-0.2, -0.15) is 4.98 Å². The van der Waals surface area contributed by atoms with Gasteiger partial charge in [-0.25, -0.2) is 9.37 Å². The summed E-state index contributed by atoms with van der Waals surface area (Å²) in [7, 11) is 0. The first kappa shape index (κ1) is 12.9. The lowest BCUT2D eigenvalue weighted by Crippen LogP contribution is -2.03. The molecule has 2 aromatic heterocycles. The number of nitrogens with two attached hydrogens (primary N) is 1. The van der Waals surface area contributed by atoms with Gasteiger partial charge >= 0.3 is 0 Å². The van der Waals surface area contributed by atoms with E-state index in [0.717, 1.165) is 5.01 Å². The van der Waals surface area contributed by atoms with Crippen LogP contribution >= 0.6 is 11.3 Å². The van der Waals surface area contributed by atoms with Crippen LogP contribution in [0.3, 0.4) is 0 Å². The maximum absolute atomic E-state index is 13.6. The highest BCUT2D eigenvalue weighted by atomic mass is 32.1. The van der Waals surface area contributed by atoms with E-state index in [9.17, 15) is 4.39 Å². The Bertz CT molecular complexity index is 737. The van der Waals surface area contributed by atoms with E-state index in [1.54, 1.807) is 23.6 Å². The molecule has 2 heterocycles. The molecule has 7 heteroatoms. The van der Waals surface area contributed by atoms with Gasteiger partial charge in [0.2, 0.25) is 5.82 Å². The van der Waals surface area contributed by atoms with Gasteiger partial charge in [-0.3, -0.25) is 0 Å². The summed E-state index contributed by atoms with van der Waals surface area (Å²) in [4.78, 5) is 8.48. The highest BCUT2D eigenvalue weighted by molar-refractivity contribution is 7.10. The third kappa shape index (κ3) is 2.33. The molecule has 0 saturated heterocycles. The summed E-state index contributed by atoms with van der Waals surface area (Å²) in [5.74, 6) is 0.0641. The number of hydrogen-bond donors (Lipinski definition) is 1. The topological polar surface area (TPSA) is 77.8 Å². The van der Waals surface area contributed by atoms with Crippen LogP contribution in [0.1, 0.15) is 18.0 Å². The molecular formula is C13H11FN4OS. The van der Waals surface area contributed by atoms with Crippen molar-refractivity contribution in [1.82, 2.24) is 15.1 Å². The third-order valence-electron chi connectivity index (χ3n) is 2.67. The number of benzene rings is 1. The lowest BCUT2D eigenvalue weighted by molar-refractivity contribution is 0.430. The Labute approximate surface area is 118 Å². The van der Waals surface area contributed by atoms with Gasteiger partial charge in [0.15, 0.2) is 0 Å². The third-order valence-corrected chi connectivity index (χ3v) is 3.72. The number of hydrogen-bond acceptors (Lipinski definition) is 6. The molecule has 3 rings (SSSR count). The van der Waals surface area contributed by atoms with Crippen molar-refractivity contribution in [2.45, 2.75) is 13.0 Å². The molecule has 0 aliphatic carbocycles. The average Bonchev–Trinajstić information content (AvgIpc) is 3.08. The van der Waals surface area contributed by atoms with E-state index in [0.29, 0.717) is 11.3 Å². The Morgan fingerprint density at radius 2 is 2.10 bits per heavy atom. The van der Waals surface area contributed by atoms with Gasteiger partial charge in [-0.15, -0.1) is 11.3 Å². The summed E-state index contributed by atoms with van der Waals surface area (Å²) in [5, 5.41) is 6.36. The van der Waals surface area contributed by atoms with E-state index < -0.39 is 5.82 Å². The Morgan fingerprint density at radius 1 is 1.30 bits per heavy atom. The molecule has 0 aliphatic heterocycles. The van der Waals surface area contributed by atoms with Crippen LogP contribution in [0.25, 0.3) is 23.0 Å². The van der Waals surface area contributed by atoms with E-state index in [2.05, 4.69) is 15.1 Å². The molecule has 0 bridgehead atoms. The number of halogens is 1. The lowest BCUT2D eigenvalue weighted by Gasteiger charge is -1.96. The van der Waals surface area contributed by atoms with E-state index in [4.69, 9.17) is 10.3 Å². The van der Waals surface area contributed by atoms with Crippen molar-refractivity contribution in [3.05, 3.63) is 40.5 Å².